The van der Waals surface area contributed by atoms with E-state index in [4.69, 9.17) is 0 Å². The molecule has 2 heterocycles. The molecule has 6 nitrogen and oxygen atoms in total. The van der Waals surface area contributed by atoms with Crippen molar-refractivity contribution < 1.29 is 9.59 Å². The van der Waals surface area contributed by atoms with Crippen molar-refractivity contribution in [2.75, 3.05) is 15.5 Å². The Balaban J connectivity index is 2.34. The lowest BCUT2D eigenvalue weighted by atomic mass is 10.2. The second kappa shape index (κ2) is 5.00. The highest BCUT2D eigenvalue weighted by Gasteiger charge is 2.33. The maximum absolute atomic E-state index is 12.4. The van der Waals surface area contributed by atoms with Gasteiger partial charge in [0, 0.05) is 7.05 Å². The number of carbonyl (C=O) groups excluding carboxylic acids is 2. The van der Waals surface area contributed by atoms with E-state index in [1.165, 1.54) is 4.68 Å². The van der Waals surface area contributed by atoms with Crippen LogP contribution in [0.15, 0.2) is 24.3 Å². The molecule has 21 heavy (non-hydrogen) atoms. The molecule has 0 spiro atoms. The molecule has 1 aliphatic rings. The molecule has 1 aromatic carbocycles. The molecule has 2 aromatic rings. The van der Waals surface area contributed by atoms with Gasteiger partial charge in [-0.15, -0.1) is 0 Å². The van der Waals surface area contributed by atoms with Gasteiger partial charge >= 0.3 is 0 Å². The fourth-order valence-corrected chi connectivity index (χ4v) is 2.82. The number of carbonyl (C=O) groups is 2. The van der Waals surface area contributed by atoms with E-state index in [1.807, 2.05) is 12.1 Å². The molecule has 0 unspecified atom stereocenters. The van der Waals surface area contributed by atoms with Gasteiger partial charge in [-0.05, 0) is 19.1 Å². The highest BCUT2D eigenvalue weighted by Crippen LogP contribution is 2.39. The third-order valence-electron chi connectivity index (χ3n) is 3.39. The molecular weight excluding hydrogens is 336 g/mol. The predicted molar refractivity (Wildman–Crippen MR) is 83.3 cm³/mol. The fourth-order valence-electron chi connectivity index (χ4n) is 2.56. The molecule has 1 N–H and O–H groups in total. The Morgan fingerprint density at radius 3 is 2.81 bits per heavy atom. The maximum atomic E-state index is 12.4. The van der Waals surface area contributed by atoms with Gasteiger partial charge in [-0.25, -0.2) is 0 Å². The number of nitrogens with one attached hydrogen (secondary N) is 1. The maximum Gasteiger partial charge on any atom is 0.276 e. The van der Waals surface area contributed by atoms with E-state index < -0.39 is 0 Å². The molecule has 0 fully saturated rings. The smallest absolute Gasteiger partial charge is 0.276 e. The van der Waals surface area contributed by atoms with Gasteiger partial charge in [-0.3, -0.25) is 19.2 Å². The van der Waals surface area contributed by atoms with Crippen molar-refractivity contribution in [2.24, 2.45) is 7.05 Å². The first-order valence-electron chi connectivity index (χ1n) is 6.37. The minimum absolute atomic E-state index is 0.156. The Labute approximate surface area is 129 Å². The first-order valence-corrected chi connectivity index (χ1v) is 7.49. The topological polar surface area (TPSA) is 67.2 Å². The van der Waals surface area contributed by atoms with E-state index in [-0.39, 0.29) is 17.1 Å². The number of para-hydroxylation sites is 2. The van der Waals surface area contributed by atoms with Crippen LogP contribution in [-0.2, 0) is 11.8 Å². The number of aryl methyl sites for hydroxylation is 2. The predicted octanol–water partition coefficient (Wildman–Crippen LogP) is 2.35. The largest absolute Gasteiger partial charge is 0.319 e. The van der Waals surface area contributed by atoms with Gasteiger partial charge in [0.15, 0.2) is 5.69 Å². The number of anilines is 3. The van der Waals surface area contributed by atoms with Crippen molar-refractivity contribution in [1.29, 1.82) is 0 Å². The summed E-state index contributed by atoms with van der Waals surface area (Å²) in [5, 5.41) is 7.26. The van der Waals surface area contributed by atoms with E-state index in [9.17, 15) is 9.59 Å². The molecule has 0 radical (unpaired) electrons. The zero-order valence-electron chi connectivity index (χ0n) is 11.6. The Morgan fingerprint density at radius 1 is 1.38 bits per heavy atom. The van der Waals surface area contributed by atoms with Crippen molar-refractivity contribution in [3.8, 4) is 0 Å². The molecule has 108 valence electrons. The summed E-state index contributed by atoms with van der Waals surface area (Å²) >= 11 is 3.20. The molecule has 7 heteroatoms. The molecule has 0 aliphatic carbocycles. The van der Waals surface area contributed by atoms with Crippen molar-refractivity contribution in [3.05, 3.63) is 35.7 Å². The summed E-state index contributed by atoms with van der Waals surface area (Å²) in [4.78, 5) is 26.4. The van der Waals surface area contributed by atoms with Crippen LogP contribution in [-0.4, -0.2) is 26.9 Å². The van der Waals surface area contributed by atoms with Crippen LogP contribution in [0.4, 0.5) is 17.1 Å². The molecule has 3 rings (SSSR count). The molecular formula is C14H13BrN4O2. The number of hydrogen-bond acceptors (Lipinski definition) is 3. The lowest BCUT2D eigenvalue weighted by molar-refractivity contribution is -0.115. The number of aromatic nitrogens is 2. The highest BCUT2D eigenvalue weighted by atomic mass is 79.9. The van der Waals surface area contributed by atoms with E-state index in [0.717, 1.165) is 0 Å². The average Bonchev–Trinajstić information content (AvgIpc) is 2.67. The zero-order chi connectivity index (χ0) is 15.1. The summed E-state index contributed by atoms with van der Waals surface area (Å²) in [6.45, 7) is 1.79. The van der Waals surface area contributed by atoms with Crippen molar-refractivity contribution in [2.45, 2.75) is 6.92 Å². The van der Waals surface area contributed by atoms with E-state index in [1.54, 1.807) is 31.0 Å². The molecule has 1 aromatic heterocycles. The first kappa shape index (κ1) is 13.8. The Morgan fingerprint density at radius 2 is 2.10 bits per heavy atom. The van der Waals surface area contributed by atoms with Crippen LogP contribution in [0.5, 0.6) is 0 Å². The summed E-state index contributed by atoms with van der Waals surface area (Å²) in [7, 11) is 1.69. The number of hydrogen-bond donors (Lipinski definition) is 1. The Kier molecular flexibility index (Phi) is 3.29. The average molecular weight is 349 g/mol. The van der Waals surface area contributed by atoms with Crippen molar-refractivity contribution in [3.63, 3.8) is 0 Å². The number of alkyl halides is 1. The van der Waals surface area contributed by atoms with Gasteiger partial charge in [0.1, 0.15) is 5.69 Å². The van der Waals surface area contributed by atoms with Crippen LogP contribution in [0.3, 0.4) is 0 Å². The van der Waals surface area contributed by atoms with Gasteiger partial charge in [0.05, 0.1) is 22.4 Å². The van der Waals surface area contributed by atoms with Crippen molar-refractivity contribution >= 4 is 44.8 Å². The van der Waals surface area contributed by atoms with E-state index in [2.05, 4.69) is 26.3 Å². The van der Waals surface area contributed by atoms with Crippen LogP contribution in [0.1, 0.15) is 16.2 Å². The van der Waals surface area contributed by atoms with Crippen LogP contribution < -0.4 is 10.2 Å². The van der Waals surface area contributed by atoms with Crippen LogP contribution >= 0.6 is 15.9 Å². The van der Waals surface area contributed by atoms with Crippen molar-refractivity contribution in [1.82, 2.24) is 9.78 Å². The first-order chi connectivity index (χ1) is 10.0. The summed E-state index contributed by atoms with van der Waals surface area (Å²) in [5.74, 6) is -0.429. The molecule has 1 aliphatic heterocycles. The minimum Gasteiger partial charge on any atom is -0.319 e. The number of halogens is 1. The second-order valence-corrected chi connectivity index (χ2v) is 5.30. The SMILES string of the molecule is Cc1nn(C)c2c1N(C(=O)CBr)c1ccccc1NC2=O. The second-order valence-electron chi connectivity index (χ2n) is 4.74. The van der Waals surface area contributed by atoms with Gasteiger partial charge in [-0.2, -0.15) is 5.10 Å². The van der Waals surface area contributed by atoms with Crippen LogP contribution in [0, 0.1) is 6.92 Å². The molecule has 0 saturated carbocycles. The zero-order valence-corrected chi connectivity index (χ0v) is 13.1. The monoisotopic (exact) mass is 348 g/mol. The van der Waals surface area contributed by atoms with Crippen LogP contribution in [0.2, 0.25) is 0 Å². The van der Waals surface area contributed by atoms with Gasteiger partial charge in [0.25, 0.3) is 5.91 Å². The normalized spacial score (nSPS) is 13.3. The summed E-state index contributed by atoms with van der Waals surface area (Å²) < 4.78 is 1.50. The van der Waals surface area contributed by atoms with E-state index in [0.29, 0.717) is 28.5 Å². The number of nitrogens with zero attached hydrogens (tertiary/aromatic N) is 3. The number of amides is 2. The summed E-state index contributed by atoms with van der Waals surface area (Å²) in [5.41, 5.74) is 2.79. The Bertz CT molecular complexity index is 753. The molecule has 2 amide bonds. The number of benzene rings is 1. The van der Waals surface area contributed by atoms with E-state index >= 15 is 0 Å². The minimum atomic E-state index is -0.273. The fraction of sp³-hybridized carbons (Fsp3) is 0.214. The van der Waals surface area contributed by atoms with Gasteiger partial charge in [0.2, 0.25) is 5.91 Å². The quantitative estimate of drug-likeness (QED) is 0.804. The summed E-state index contributed by atoms with van der Waals surface area (Å²) in [6, 6.07) is 7.22. The molecule has 0 saturated heterocycles. The van der Waals surface area contributed by atoms with Gasteiger partial charge in [-0.1, -0.05) is 28.1 Å². The third-order valence-corrected chi connectivity index (χ3v) is 3.87. The van der Waals surface area contributed by atoms with Crippen LogP contribution in [0.25, 0.3) is 0 Å². The molecule has 0 atom stereocenters. The third kappa shape index (κ3) is 2.04. The Hall–Kier alpha value is -2.15. The standard InChI is InChI=1S/C14H13BrN4O2/c1-8-12-13(18(2)17-8)14(21)16-9-5-3-4-6-10(9)19(12)11(20)7-15/h3-6H,7H2,1-2H3,(H,16,21). The highest BCUT2D eigenvalue weighted by molar-refractivity contribution is 9.09. The lowest BCUT2D eigenvalue weighted by Gasteiger charge is -2.22. The summed E-state index contributed by atoms with van der Waals surface area (Å²) in [6.07, 6.45) is 0. The molecule has 0 bridgehead atoms. The lowest BCUT2D eigenvalue weighted by Crippen LogP contribution is -2.27. The van der Waals surface area contributed by atoms with Gasteiger partial charge < -0.3 is 5.32 Å². The number of rotatable bonds is 1. The number of fused-ring (bicyclic) bond motifs is 2.